The zero-order valence-electron chi connectivity index (χ0n) is 22.5. The van der Waals surface area contributed by atoms with Crippen molar-refractivity contribution >= 4 is 35.0 Å². The second-order valence-electron chi connectivity index (χ2n) is 10.4. The number of rotatable bonds is 6. The number of urea groups is 1. The quantitative estimate of drug-likeness (QED) is 0.298. The van der Waals surface area contributed by atoms with E-state index in [1.54, 1.807) is 35.2 Å². The molecule has 0 bridgehead atoms. The van der Waals surface area contributed by atoms with E-state index in [0.717, 1.165) is 54.5 Å². The number of halogens is 1. The molecule has 40 heavy (non-hydrogen) atoms. The van der Waals surface area contributed by atoms with E-state index >= 15 is 0 Å². The van der Waals surface area contributed by atoms with Crippen LogP contribution in [-0.4, -0.2) is 29.8 Å². The Morgan fingerprint density at radius 3 is 2.38 bits per heavy atom. The number of benzene rings is 3. The van der Waals surface area contributed by atoms with Crippen LogP contribution >= 0.6 is 11.6 Å². The number of nitrogens with one attached hydrogen (secondary N) is 1. The summed E-state index contributed by atoms with van der Waals surface area (Å²) in [5.41, 5.74) is 6.15. The van der Waals surface area contributed by atoms with Gasteiger partial charge in [0.25, 0.3) is 0 Å². The summed E-state index contributed by atoms with van der Waals surface area (Å²) in [6, 6.07) is 21.5. The molecule has 5 rings (SSSR count). The Labute approximate surface area is 239 Å². The van der Waals surface area contributed by atoms with Gasteiger partial charge in [0.05, 0.1) is 17.8 Å². The molecule has 0 radical (unpaired) electrons. The minimum absolute atomic E-state index is 0.0981. The first-order valence-electron chi connectivity index (χ1n) is 13.7. The number of carboxylic acid groups (broad SMARTS) is 1. The van der Waals surface area contributed by atoms with Crippen LogP contribution in [0.2, 0.25) is 5.02 Å². The number of carbonyl (C=O) groups excluding carboxylic acids is 1. The highest BCUT2D eigenvalue weighted by atomic mass is 35.5. The van der Waals surface area contributed by atoms with Crippen molar-refractivity contribution in [3.63, 3.8) is 0 Å². The van der Waals surface area contributed by atoms with Gasteiger partial charge in [0, 0.05) is 10.7 Å². The molecule has 2 aliphatic rings. The van der Waals surface area contributed by atoms with Gasteiger partial charge in [-0.05, 0) is 97.2 Å². The van der Waals surface area contributed by atoms with Crippen LogP contribution in [0.15, 0.2) is 90.5 Å². The first-order chi connectivity index (χ1) is 19.3. The fraction of sp³-hybridized carbons (Fsp3) is 0.273. The molecule has 3 aromatic rings. The van der Waals surface area contributed by atoms with Crippen LogP contribution in [0.3, 0.4) is 0 Å². The second kappa shape index (κ2) is 12.0. The van der Waals surface area contributed by atoms with Crippen molar-refractivity contribution < 1.29 is 19.4 Å². The average Bonchev–Trinajstić information content (AvgIpc) is 2.97. The summed E-state index contributed by atoms with van der Waals surface area (Å²) < 4.78 is 6.27. The van der Waals surface area contributed by atoms with Gasteiger partial charge in [-0.2, -0.15) is 0 Å². The molecule has 0 spiro atoms. The lowest BCUT2D eigenvalue weighted by Gasteiger charge is -2.35. The van der Waals surface area contributed by atoms with Crippen molar-refractivity contribution in [3.8, 4) is 16.9 Å². The molecule has 3 aromatic carbocycles. The van der Waals surface area contributed by atoms with E-state index in [1.807, 2.05) is 18.2 Å². The number of carbonyl (C=O) groups is 2. The first kappa shape index (κ1) is 27.5. The Balaban J connectivity index is 1.30. The summed E-state index contributed by atoms with van der Waals surface area (Å²) in [4.78, 5) is 26.0. The number of fused-ring (bicyclic) bond motifs is 1. The highest BCUT2D eigenvalue weighted by molar-refractivity contribution is 6.30. The predicted octanol–water partition coefficient (Wildman–Crippen LogP) is 8.44. The highest BCUT2D eigenvalue weighted by Crippen LogP contribution is 2.40. The molecule has 7 heteroatoms. The van der Waals surface area contributed by atoms with Gasteiger partial charge in [0.15, 0.2) is 0 Å². The number of ether oxygens (including phenoxy) is 1. The lowest BCUT2D eigenvalue weighted by molar-refractivity contribution is -0.132. The fourth-order valence-electron chi connectivity index (χ4n) is 5.38. The molecular formula is C33H33ClN2O4. The van der Waals surface area contributed by atoms with Gasteiger partial charge in [-0.3, -0.25) is 4.90 Å². The molecule has 2 amide bonds. The first-order valence-corrected chi connectivity index (χ1v) is 14.0. The maximum absolute atomic E-state index is 13.2. The summed E-state index contributed by atoms with van der Waals surface area (Å²) >= 11 is 5.98. The van der Waals surface area contributed by atoms with E-state index in [1.165, 1.54) is 5.56 Å². The summed E-state index contributed by atoms with van der Waals surface area (Å²) in [6.07, 6.45) is 6.19. The Bertz CT molecular complexity index is 1440. The van der Waals surface area contributed by atoms with Crippen LogP contribution in [0, 0.1) is 0 Å². The van der Waals surface area contributed by atoms with E-state index in [4.69, 9.17) is 21.4 Å². The molecule has 0 aromatic heterocycles. The molecule has 1 saturated carbocycles. The van der Waals surface area contributed by atoms with E-state index in [2.05, 4.69) is 43.1 Å². The molecule has 1 unspecified atom stereocenters. The van der Waals surface area contributed by atoms with Crippen molar-refractivity contribution in [2.45, 2.75) is 51.0 Å². The minimum atomic E-state index is -0.961. The van der Waals surface area contributed by atoms with Gasteiger partial charge in [0.1, 0.15) is 11.9 Å². The van der Waals surface area contributed by atoms with Gasteiger partial charge in [0.2, 0.25) is 0 Å². The summed E-state index contributed by atoms with van der Waals surface area (Å²) in [5.74, 6) is 0.187. The predicted molar refractivity (Wildman–Crippen MR) is 160 cm³/mol. The largest absolute Gasteiger partial charge is 0.486 e. The zero-order valence-corrected chi connectivity index (χ0v) is 23.3. The number of hydrogen-bond acceptors (Lipinski definition) is 3. The normalized spacial score (nSPS) is 18.4. The number of carboxylic acids is 1. The molecule has 1 aliphatic heterocycles. The average molecular weight is 557 g/mol. The Hall–Kier alpha value is -4.03. The smallest absolute Gasteiger partial charge is 0.335 e. The number of aliphatic carboxylic acids is 1. The Kier molecular flexibility index (Phi) is 8.27. The summed E-state index contributed by atoms with van der Waals surface area (Å²) in [7, 11) is 0. The van der Waals surface area contributed by atoms with Gasteiger partial charge < -0.3 is 15.2 Å². The van der Waals surface area contributed by atoms with Crippen molar-refractivity contribution in [3.05, 3.63) is 101 Å². The molecule has 1 atom stereocenters. The van der Waals surface area contributed by atoms with Crippen LogP contribution in [-0.2, 0) is 4.79 Å². The van der Waals surface area contributed by atoms with Gasteiger partial charge in [-0.1, -0.05) is 61.0 Å². The summed E-state index contributed by atoms with van der Waals surface area (Å²) in [6.45, 7) is 6.15. The lowest BCUT2D eigenvalue weighted by Crippen LogP contribution is -2.45. The van der Waals surface area contributed by atoms with Gasteiger partial charge in [-0.15, -0.1) is 0 Å². The highest BCUT2D eigenvalue weighted by Gasteiger charge is 2.29. The molecule has 6 nitrogen and oxygen atoms in total. The number of amides is 2. The Morgan fingerprint density at radius 1 is 1.05 bits per heavy atom. The zero-order chi connectivity index (χ0) is 28.2. The molecular weight excluding hydrogens is 524 g/mol. The number of nitrogens with zero attached hydrogens (tertiary/aromatic N) is 1. The summed E-state index contributed by atoms with van der Waals surface area (Å²) in [5, 5.41) is 12.7. The maximum Gasteiger partial charge on any atom is 0.335 e. The van der Waals surface area contributed by atoms with Crippen LogP contribution in [0.1, 0.15) is 50.5 Å². The van der Waals surface area contributed by atoms with Crippen LogP contribution in [0.4, 0.5) is 16.2 Å². The minimum Gasteiger partial charge on any atom is -0.486 e. The monoisotopic (exact) mass is 556 g/mol. The van der Waals surface area contributed by atoms with Crippen molar-refractivity contribution in [2.75, 3.05) is 16.8 Å². The third kappa shape index (κ3) is 6.23. The third-order valence-electron chi connectivity index (χ3n) is 7.72. The fourth-order valence-corrected chi connectivity index (χ4v) is 5.51. The standard InChI is InChI=1S/C33H33ClN2O4/c1-3-29-20-36(33(39)35-28-15-13-27(34)14-16-28)30-17-12-26(19-31(30)40-29)25-10-8-24(9-11-25)23-6-4-22(5-7-23)18-21(2)32(37)38/h8-19,23,29H,2-7,20H2,1H3,(H,35,39)(H,37,38). The third-order valence-corrected chi connectivity index (χ3v) is 7.97. The molecule has 1 heterocycles. The van der Waals surface area contributed by atoms with Crippen molar-refractivity contribution in [1.29, 1.82) is 0 Å². The molecule has 2 N–H and O–H groups in total. The topological polar surface area (TPSA) is 78.9 Å². The second-order valence-corrected chi connectivity index (χ2v) is 10.8. The van der Waals surface area contributed by atoms with Crippen LogP contribution in [0.5, 0.6) is 5.75 Å². The van der Waals surface area contributed by atoms with E-state index in [9.17, 15) is 9.59 Å². The number of allylic oxidation sites excluding steroid dienone is 1. The SMILES string of the molecule is C=C(C=C1CCC(c2ccc(-c3ccc4c(c3)OC(CC)CN4C(=O)Nc3ccc(Cl)cc3)cc2)CC1)C(=O)O. The number of hydrogen-bond donors (Lipinski definition) is 2. The molecule has 1 aliphatic carbocycles. The number of anilines is 2. The van der Waals surface area contributed by atoms with E-state index < -0.39 is 5.97 Å². The molecule has 206 valence electrons. The van der Waals surface area contributed by atoms with E-state index in [-0.39, 0.29) is 17.7 Å². The van der Waals surface area contributed by atoms with Crippen LogP contribution < -0.4 is 15.0 Å². The molecule has 0 saturated heterocycles. The van der Waals surface area contributed by atoms with Crippen molar-refractivity contribution in [1.82, 2.24) is 0 Å². The Morgan fingerprint density at radius 2 is 1.73 bits per heavy atom. The molecule has 1 fully saturated rings. The lowest BCUT2D eigenvalue weighted by atomic mass is 9.81. The van der Waals surface area contributed by atoms with Crippen LogP contribution in [0.25, 0.3) is 11.1 Å². The van der Waals surface area contributed by atoms with E-state index in [0.29, 0.717) is 28.9 Å². The van der Waals surface area contributed by atoms with Gasteiger partial charge in [-0.25, -0.2) is 9.59 Å². The maximum atomic E-state index is 13.2. The van der Waals surface area contributed by atoms with Gasteiger partial charge >= 0.3 is 12.0 Å². The van der Waals surface area contributed by atoms with Crippen molar-refractivity contribution in [2.24, 2.45) is 0 Å².